The molecule has 3 rings (SSSR count). The van der Waals surface area contributed by atoms with Crippen molar-refractivity contribution in [2.75, 3.05) is 13.1 Å². The van der Waals surface area contributed by atoms with Crippen LogP contribution in [-0.2, 0) is 6.54 Å². The number of carbonyl (C=O) groups is 1. The number of likely N-dealkylation sites (N-methyl/N-ethyl adjacent to an activating group) is 1. The van der Waals surface area contributed by atoms with Crippen LogP contribution in [0.4, 0.5) is 0 Å². The molecule has 0 unspecified atom stereocenters. The smallest absolute Gasteiger partial charge is 0.259 e. The van der Waals surface area contributed by atoms with Crippen LogP contribution in [0.3, 0.4) is 0 Å². The zero-order valence-electron chi connectivity index (χ0n) is 13.2. The first-order valence-corrected chi connectivity index (χ1v) is 8.05. The van der Waals surface area contributed by atoms with Crippen LogP contribution in [-0.4, -0.2) is 38.7 Å². The number of hydrogen-bond donors (Lipinski definition) is 1. The number of nitrogens with zero attached hydrogens (tertiary/aromatic N) is 3. The molecule has 0 saturated carbocycles. The minimum absolute atomic E-state index is 0.132. The molecule has 0 fully saturated rings. The number of aromatic nitrogens is 3. The van der Waals surface area contributed by atoms with Gasteiger partial charge in [-0.15, -0.1) is 0 Å². The van der Waals surface area contributed by atoms with Crippen molar-refractivity contribution in [3.63, 3.8) is 0 Å². The Bertz CT molecular complexity index is 918. The second-order valence-electron chi connectivity index (χ2n) is 5.38. The lowest BCUT2D eigenvalue weighted by atomic mass is 10.1. The van der Waals surface area contributed by atoms with Crippen LogP contribution in [0.15, 0.2) is 47.7 Å². The van der Waals surface area contributed by atoms with E-state index in [0.717, 1.165) is 0 Å². The van der Waals surface area contributed by atoms with E-state index in [1.54, 1.807) is 34.0 Å². The van der Waals surface area contributed by atoms with Gasteiger partial charge in [-0.1, -0.05) is 11.6 Å². The van der Waals surface area contributed by atoms with Gasteiger partial charge in [0.15, 0.2) is 0 Å². The number of pyridine rings is 1. The standard InChI is InChI=1S/C17H17ClN4O2/c1-2-21(8-9-22-7-3-6-20-22)17(24)14-11-19-15-10-12(18)4-5-13(15)16(14)23/h3-7,10-11H,2,8-9H2,1H3,(H,19,23). The van der Waals surface area contributed by atoms with Crippen molar-refractivity contribution in [2.24, 2.45) is 0 Å². The maximum absolute atomic E-state index is 12.7. The maximum Gasteiger partial charge on any atom is 0.259 e. The monoisotopic (exact) mass is 344 g/mol. The number of hydrogen-bond acceptors (Lipinski definition) is 3. The number of nitrogens with one attached hydrogen (secondary N) is 1. The van der Waals surface area contributed by atoms with Gasteiger partial charge in [-0.05, 0) is 31.2 Å². The lowest BCUT2D eigenvalue weighted by molar-refractivity contribution is 0.0756. The summed E-state index contributed by atoms with van der Waals surface area (Å²) in [5.74, 6) is -0.289. The third kappa shape index (κ3) is 3.19. The predicted molar refractivity (Wildman–Crippen MR) is 93.4 cm³/mol. The van der Waals surface area contributed by atoms with Crippen molar-refractivity contribution in [2.45, 2.75) is 13.5 Å². The fourth-order valence-corrected chi connectivity index (χ4v) is 2.75. The molecule has 3 aromatic rings. The van der Waals surface area contributed by atoms with E-state index in [9.17, 15) is 9.59 Å². The van der Waals surface area contributed by atoms with E-state index >= 15 is 0 Å². The van der Waals surface area contributed by atoms with E-state index in [1.165, 1.54) is 6.20 Å². The minimum atomic E-state index is -0.289. The molecule has 124 valence electrons. The Morgan fingerprint density at radius 1 is 1.42 bits per heavy atom. The molecule has 0 bridgehead atoms. The molecule has 2 aromatic heterocycles. The molecule has 0 atom stereocenters. The first-order chi connectivity index (χ1) is 11.6. The number of amides is 1. The number of benzene rings is 1. The van der Waals surface area contributed by atoms with Crippen molar-refractivity contribution >= 4 is 28.4 Å². The van der Waals surface area contributed by atoms with Crippen LogP contribution in [0.25, 0.3) is 10.9 Å². The largest absolute Gasteiger partial charge is 0.360 e. The summed E-state index contributed by atoms with van der Waals surface area (Å²) in [6.45, 7) is 3.46. The Hall–Kier alpha value is -2.60. The van der Waals surface area contributed by atoms with Gasteiger partial charge >= 0.3 is 0 Å². The molecule has 1 amide bonds. The fourth-order valence-electron chi connectivity index (χ4n) is 2.58. The van der Waals surface area contributed by atoms with Crippen LogP contribution >= 0.6 is 11.6 Å². The van der Waals surface area contributed by atoms with E-state index in [1.807, 2.05) is 19.2 Å². The highest BCUT2D eigenvalue weighted by Gasteiger charge is 2.18. The van der Waals surface area contributed by atoms with Gasteiger partial charge in [-0.25, -0.2) is 0 Å². The molecule has 0 saturated heterocycles. The number of aromatic amines is 1. The number of H-pyrrole nitrogens is 1. The highest BCUT2D eigenvalue weighted by atomic mass is 35.5. The van der Waals surface area contributed by atoms with Crippen LogP contribution < -0.4 is 5.43 Å². The van der Waals surface area contributed by atoms with E-state index in [-0.39, 0.29) is 16.9 Å². The predicted octanol–water partition coefficient (Wildman–Crippen LogP) is 2.54. The molecule has 1 N–H and O–H groups in total. The van der Waals surface area contributed by atoms with Gasteiger partial charge < -0.3 is 9.88 Å². The van der Waals surface area contributed by atoms with Crippen molar-refractivity contribution < 1.29 is 4.79 Å². The van der Waals surface area contributed by atoms with Gasteiger partial charge in [0, 0.05) is 42.1 Å². The van der Waals surface area contributed by atoms with E-state index in [4.69, 9.17) is 11.6 Å². The Kier molecular flexibility index (Phi) is 4.66. The first kappa shape index (κ1) is 16.3. The molecular weight excluding hydrogens is 328 g/mol. The third-order valence-electron chi connectivity index (χ3n) is 3.90. The summed E-state index contributed by atoms with van der Waals surface area (Å²) in [6, 6.07) is 6.77. The molecule has 1 aromatic carbocycles. The van der Waals surface area contributed by atoms with E-state index in [2.05, 4.69) is 10.1 Å². The summed E-state index contributed by atoms with van der Waals surface area (Å²) in [4.78, 5) is 29.9. The summed E-state index contributed by atoms with van der Waals surface area (Å²) in [5.41, 5.74) is 0.457. The highest BCUT2D eigenvalue weighted by molar-refractivity contribution is 6.31. The van der Waals surface area contributed by atoms with Crippen molar-refractivity contribution in [3.05, 3.63) is 63.7 Å². The molecular formula is C17H17ClN4O2. The van der Waals surface area contributed by atoms with Gasteiger partial charge in [0.25, 0.3) is 5.91 Å². The number of halogens is 1. The van der Waals surface area contributed by atoms with Crippen molar-refractivity contribution in [3.8, 4) is 0 Å². The third-order valence-corrected chi connectivity index (χ3v) is 4.14. The Labute approximate surface area is 143 Å². The average molecular weight is 345 g/mol. The summed E-state index contributed by atoms with van der Waals surface area (Å²) in [6.07, 6.45) is 4.99. The second-order valence-corrected chi connectivity index (χ2v) is 5.81. The second kappa shape index (κ2) is 6.88. The quantitative estimate of drug-likeness (QED) is 0.773. The zero-order chi connectivity index (χ0) is 17.1. The number of rotatable bonds is 5. The molecule has 7 heteroatoms. The topological polar surface area (TPSA) is 71.0 Å². The minimum Gasteiger partial charge on any atom is -0.360 e. The normalized spacial score (nSPS) is 10.9. The van der Waals surface area contributed by atoms with E-state index < -0.39 is 0 Å². The average Bonchev–Trinajstić information content (AvgIpc) is 3.09. The molecule has 6 nitrogen and oxygen atoms in total. The van der Waals surface area contributed by atoms with Gasteiger partial charge in [-0.2, -0.15) is 5.10 Å². The summed E-state index contributed by atoms with van der Waals surface area (Å²) >= 11 is 5.93. The molecule has 0 spiro atoms. The Morgan fingerprint density at radius 2 is 2.25 bits per heavy atom. The van der Waals surface area contributed by atoms with Crippen LogP contribution in [0, 0.1) is 0 Å². The molecule has 0 aliphatic carbocycles. The van der Waals surface area contributed by atoms with Crippen LogP contribution in [0.1, 0.15) is 17.3 Å². The lowest BCUT2D eigenvalue weighted by Crippen LogP contribution is -2.36. The lowest BCUT2D eigenvalue weighted by Gasteiger charge is -2.20. The summed E-state index contributed by atoms with van der Waals surface area (Å²) in [7, 11) is 0. The fraction of sp³-hybridized carbons (Fsp3) is 0.235. The summed E-state index contributed by atoms with van der Waals surface area (Å²) < 4.78 is 1.75. The molecule has 0 aliphatic rings. The SMILES string of the molecule is CCN(CCn1cccn1)C(=O)c1c[nH]c2cc(Cl)ccc2c1=O. The number of fused-ring (bicyclic) bond motifs is 1. The maximum atomic E-state index is 12.7. The van der Waals surface area contributed by atoms with Crippen LogP contribution in [0.2, 0.25) is 5.02 Å². The zero-order valence-corrected chi connectivity index (χ0v) is 14.0. The van der Waals surface area contributed by atoms with Gasteiger partial charge in [0.05, 0.1) is 12.1 Å². The number of carbonyl (C=O) groups excluding carboxylic acids is 1. The molecule has 0 aliphatic heterocycles. The Morgan fingerprint density at radius 3 is 2.96 bits per heavy atom. The van der Waals surface area contributed by atoms with Crippen molar-refractivity contribution in [1.82, 2.24) is 19.7 Å². The van der Waals surface area contributed by atoms with Crippen molar-refractivity contribution in [1.29, 1.82) is 0 Å². The molecule has 2 heterocycles. The molecule has 24 heavy (non-hydrogen) atoms. The highest BCUT2D eigenvalue weighted by Crippen LogP contribution is 2.15. The summed E-state index contributed by atoms with van der Waals surface area (Å²) in [5, 5.41) is 5.11. The Balaban J connectivity index is 1.87. The van der Waals surface area contributed by atoms with Gasteiger partial charge in [0.2, 0.25) is 5.43 Å². The van der Waals surface area contributed by atoms with E-state index in [0.29, 0.717) is 35.6 Å². The van der Waals surface area contributed by atoms with Crippen LogP contribution in [0.5, 0.6) is 0 Å². The van der Waals surface area contributed by atoms with Gasteiger partial charge in [0.1, 0.15) is 5.56 Å². The first-order valence-electron chi connectivity index (χ1n) is 7.68. The van der Waals surface area contributed by atoms with Gasteiger partial charge in [-0.3, -0.25) is 14.3 Å². The molecule has 0 radical (unpaired) electrons.